The van der Waals surface area contributed by atoms with E-state index in [1.165, 1.54) is 0 Å². The maximum Gasteiger partial charge on any atom is 0.320 e. The second-order valence-electron chi connectivity index (χ2n) is 1.42. The normalized spacial score (nSPS) is 11.0. The zero-order chi connectivity index (χ0) is 8.20. The molecule has 6 nitrogen and oxygen atoms in total. The van der Waals surface area contributed by atoms with E-state index in [0.717, 1.165) is 0 Å². The van der Waals surface area contributed by atoms with Gasteiger partial charge in [-0.1, -0.05) is 0 Å². The summed E-state index contributed by atoms with van der Waals surface area (Å²) in [7, 11) is -4.23. The Morgan fingerprint density at radius 3 is 2.40 bits per heavy atom. The highest BCUT2D eigenvalue weighted by Gasteiger charge is 2.07. The summed E-state index contributed by atoms with van der Waals surface area (Å²) in [5, 5.41) is 0. The molecule has 0 aliphatic carbocycles. The molecule has 0 aliphatic heterocycles. The van der Waals surface area contributed by atoms with E-state index in [1.54, 1.807) is 0 Å². The maximum atomic E-state index is 10.1. The highest BCUT2D eigenvalue weighted by atomic mass is 32.2. The molecule has 0 amide bonds. The minimum Gasteiger partial charge on any atom is -0.446 e. The lowest BCUT2D eigenvalue weighted by molar-refractivity contribution is -0.140. The molecule has 0 aromatic carbocycles. The quantitative estimate of drug-likeness (QED) is 0.386. The molecule has 3 N–H and O–H groups in total. The zero-order valence-corrected chi connectivity index (χ0v) is 5.80. The van der Waals surface area contributed by atoms with Gasteiger partial charge in [0.05, 0.1) is 6.54 Å². The Bertz CT molecular complexity index is 207. The second-order valence-corrected chi connectivity index (χ2v) is 2.82. The van der Waals surface area contributed by atoms with Crippen LogP contribution in [0.4, 0.5) is 0 Å². The van der Waals surface area contributed by atoms with Gasteiger partial charge in [0, 0.05) is 0 Å². The lowest BCUT2D eigenvalue weighted by Crippen LogP contribution is -2.20. The van der Waals surface area contributed by atoms with Gasteiger partial charge in [-0.15, -0.1) is 0 Å². The molecule has 7 heteroatoms. The van der Waals surface area contributed by atoms with Crippen LogP contribution in [0, 0.1) is 0 Å². The lowest BCUT2D eigenvalue weighted by Gasteiger charge is -1.97. The molecule has 0 heterocycles. The number of nitrogens with two attached hydrogens (primary N) is 1. The summed E-state index contributed by atoms with van der Waals surface area (Å²) in [4.78, 5) is 10.1. The van der Waals surface area contributed by atoms with Crippen LogP contribution in [0.3, 0.4) is 0 Å². The highest BCUT2D eigenvalue weighted by Crippen LogP contribution is 1.83. The SMILES string of the molecule is NCC(=O)OCS(=O)(=O)O. The van der Waals surface area contributed by atoms with Gasteiger partial charge < -0.3 is 10.5 Å². The lowest BCUT2D eigenvalue weighted by atomic mass is 10.7. The number of hydrogen-bond donors (Lipinski definition) is 2. The van der Waals surface area contributed by atoms with E-state index in [1.807, 2.05) is 0 Å². The fourth-order valence-electron chi connectivity index (χ4n) is 0.199. The smallest absolute Gasteiger partial charge is 0.320 e. The van der Waals surface area contributed by atoms with Crippen molar-refractivity contribution in [3.05, 3.63) is 0 Å². The minimum atomic E-state index is -4.23. The van der Waals surface area contributed by atoms with Crippen LogP contribution < -0.4 is 5.73 Å². The summed E-state index contributed by atoms with van der Waals surface area (Å²) in [5.41, 5.74) is 4.75. The summed E-state index contributed by atoms with van der Waals surface area (Å²) < 4.78 is 31.7. The van der Waals surface area contributed by atoms with Crippen molar-refractivity contribution in [2.45, 2.75) is 0 Å². The van der Waals surface area contributed by atoms with Crippen molar-refractivity contribution in [2.75, 3.05) is 12.5 Å². The van der Waals surface area contributed by atoms with Gasteiger partial charge in [0.2, 0.25) is 5.94 Å². The van der Waals surface area contributed by atoms with Crippen molar-refractivity contribution >= 4 is 16.1 Å². The van der Waals surface area contributed by atoms with Crippen LogP contribution in [-0.2, 0) is 19.6 Å². The van der Waals surface area contributed by atoms with Crippen molar-refractivity contribution in [1.29, 1.82) is 0 Å². The van der Waals surface area contributed by atoms with E-state index in [9.17, 15) is 13.2 Å². The fourth-order valence-corrected chi connectivity index (χ4v) is 0.479. The van der Waals surface area contributed by atoms with Gasteiger partial charge in [-0.05, 0) is 0 Å². The summed E-state index contributed by atoms with van der Waals surface area (Å²) in [6, 6.07) is 0. The number of ether oxygens (including phenoxy) is 1. The molecule has 10 heavy (non-hydrogen) atoms. The van der Waals surface area contributed by atoms with Crippen LogP contribution in [0.5, 0.6) is 0 Å². The second kappa shape index (κ2) is 3.49. The Balaban J connectivity index is 3.67. The Morgan fingerprint density at radius 2 is 2.10 bits per heavy atom. The van der Waals surface area contributed by atoms with Crippen LogP contribution in [0.15, 0.2) is 0 Å². The number of carbonyl (C=O) groups excluding carboxylic acids is 1. The Hall–Kier alpha value is -0.660. The van der Waals surface area contributed by atoms with E-state index in [-0.39, 0.29) is 0 Å². The zero-order valence-electron chi connectivity index (χ0n) is 4.98. The van der Waals surface area contributed by atoms with Gasteiger partial charge in [-0.3, -0.25) is 9.35 Å². The van der Waals surface area contributed by atoms with E-state index in [0.29, 0.717) is 0 Å². The van der Waals surface area contributed by atoms with Crippen LogP contribution in [0.2, 0.25) is 0 Å². The van der Waals surface area contributed by atoms with Crippen molar-refractivity contribution < 1.29 is 22.5 Å². The van der Waals surface area contributed by atoms with Crippen molar-refractivity contribution in [3.8, 4) is 0 Å². The third kappa shape index (κ3) is 5.48. The van der Waals surface area contributed by atoms with Crippen molar-refractivity contribution in [2.24, 2.45) is 5.73 Å². The molecule has 0 aromatic rings. The first kappa shape index (κ1) is 9.34. The van der Waals surface area contributed by atoms with Crippen molar-refractivity contribution in [1.82, 2.24) is 0 Å². The minimum absolute atomic E-state index is 0.407. The molecule has 0 radical (unpaired) electrons. The predicted molar refractivity (Wildman–Crippen MR) is 31.6 cm³/mol. The summed E-state index contributed by atoms with van der Waals surface area (Å²) >= 11 is 0. The monoisotopic (exact) mass is 169 g/mol. The fraction of sp³-hybridized carbons (Fsp3) is 0.667. The van der Waals surface area contributed by atoms with Gasteiger partial charge >= 0.3 is 16.1 Å². The largest absolute Gasteiger partial charge is 0.446 e. The van der Waals surface area contributed by atoms with Crippen molar-refractivity contribution in [3.63, 3.8) is 0 Å². The predicted octanol–water partition coefficient (Wildman–Crippen LogP) is -1.67. The molecule has 0 fully saturated rings. The third-order valence-electron chi connectivity index (χ3n) is 0.536. The van der Waals surface area contributed by atoms with E-state index >= 15 is 0 Å². The van der Waals surface area contributed by atoms with E-state index in [4.69, 9.17) is 10.3 Å². The summed E-state index contributed by atoms with van der Waals surface area (Å²) in [6.45, 7) is -0.407. The first-order valence-electron chi connectivity index (χ1n) is 2.26. The van der Waals surface area contributed by atoms with E-state index < -0.39 is 28.6 Å². The molecule has 60 valence electrons. The van der Waals surface area contributed by atoms with Crippen LogP contribution >= 0.6 is 0 Å². The molecular weight excluding hydrogens is 162 g/mol. The maximum absolute atomic E-state index is 10.1. The molecule has 0 rings (SSSR count). The van der Waals surface area contributed by atoms with Gasteiger partial charge in [-0.2, -0.15) is 8.42 Å². The van der Waals surface area contributed by atoms with Crippen LogP contribution in [0.25, 0.3) is 0 Å². The van der Waals surface area contributed by atoms with Gasteiger partial charge in [0.15, 0.2) is 0 Å². The molecular formula is C3H7NO5S. The van der Waals surface area contributed by atoms with Crippen LogP contribution in [-0.4, -0.2) is 31.4 Å². The van der Waals surface area contributed by atoms with E-state index in [2.05, 4.69) is 4.74 Å². The standard InChI is InChI=1S/C3H7NO5S/c4-1-3(5)9-2-10(6,7)8/h1-2,4H2,(H,6,7,8). The Morgan fingerprint density at radius 1 is 1.60 bits per heavy atom. The summed E-state index contributed by atoms with van der Waals surface area (Å²) in [5.74, 6) is -1.92. The highest BCUT2D eigenvalue weighted by molar-refractivity contribution is 7.85. The molecule has 0 aliphatic rings. The Labute approximate surface area is 57.7 Å². The number of carbonyl (C=O) groups is 1. The number of rotatable bonds is 3. The van der Waals surface area contributed by atoms with Gasteiger partial charge in [0.25, 0.3) is 0 Å². The number of hydrogen-bond acceptors (Lipinski definition) is 5. The topological polar surface area (TPSA) is 107 Å². The molecule has 0 bridgehead atoms. The first-order chi connectivity index (χ1) is 4.45. The first-order valence-corrected chi connectivity index (χ1v) is 3.87. The van der Waals surface area contributed by atoms with Gasteiger partial charge in [-0.25, -0.2) is 0 Å². The Kier molecular flexibility index (Phi) is 3.26. The number of esters is 1. The molecule has 0 saturated heterocycles. The molecule has 0 atom stereocenters. The molecule has 0 aromatic heterocycles. The molecule has 0 spiro atoms. The third-order valence-corrected chi connectivity index (χ3v) is 0.951. The average molecular weight is 169 g/mol. The molecule has 0 saturated carbocycles. The molecule has 0 unspecified atom stereocenters. The summed E-state index contributed by atoms with van der Waals surface area (Å²) in [6.07, 6.45) is 0. The van der Waals surface area contributed by atoms with Gasteiger partial charge in [0.1, 0.15) is 0 Å². The van der Waals surface area contributed by atoms with Crippen LogP contribution in [0.1, 0.15) is 0 Å². The average Bonchev–Trinajstić information content (AvgIpc) is 1.81.